The Balaban J connectivity index is 1.76. The number of hydrogen-bond donors (Lipinski definition) is 0. The van der Waals surface area contributed by atoms with Crippen LogP contribution in [0.5, 0.6) is 0 Å². The fraction of sp³-hybridized carbons (Fsp3) is 0.920. The quantitative estimate of drug-likeness (QED) is 0.435. The van der Waals surface area contributed by atoms with Gasteiger partial charge in [0.2, 0.25) is 0 Å². The average molecular weight is 439 g/mol. The second-order valence-electron chi connectivity index (χ2n) is 12.7. The van der Waals surface area contributed by atoms with E-state index in [-0.39, 0.29) is 36.5 Å². The lowest BCUT2D eigenvalue weighted by molar-refractivity contribution is -0.121. The molecule has 166 valence electrons. The van der Waals surface area contributed by atoms with Gasteiger partial charge >= 0.3 is 0 Å². The van der Waals surface area contributed by atoms with Crippen LogP contribution in [0.3, 0.4) is 0 Å². The Morgan fingerprint density at radius 2 is 0.897 bits per heavy atom. The van der Waals surface area contributed by atoms with Crippen LogP contribution >= 0.6 is 15.8 Å². The van der Waals surface area contributed by atoms with Gasteiger partial charge in [0.25, 0.3) is 0 Å². The highest BCUT2D eigenvalue weighted by atomic mass is 31.1. The zero-order chi connectivity index (χ0) is 21.8. The lowest BCUT2D eigenvalue weighted by Crippen LogP contribution is -2.43. The van der Waals surface area contributed by atoms with Crippen molar-refractivity contribution in [2.45, 2.75) is 121 Å². The normalized spacial score (nSPS) is 34.5. The minimum absolute atomic E-state index is 0.168. The molecule has 4 heteroatoms. The smallest absolute Gasteiger partial charge is 0.134 e. The van der Waals surface area contributed by atoms with Gasteiger partial charge < -0.3 is 0 Å². The van der Waals surface area contributed by atoms with Crippen molar-refractivity contribution in [1.82, 2.24) is 0 Å². The Hall–Kier alpha value is 0.200. The molecule has 2 atom stereocenters. The van der Waals surface area contributed by atoms with Gasteiger partial charge in [-0.3, -0.25) is 9.59 Å². The molecule has 0 N–H and O–H groups in total. The molecule has 2 saturated heterocycles. The molecule has 0 aromatic carbocycles. The molecule has 0 amide bonds. The molecule has 0 aromatic heterocycles. The third-order valence-corrected chi connectivity index (χ3v) is 16.2. The number of rotatable bonds is 4. The van der Waals surface area contributed by atoms with Crippen molar-refractivity contribution in [3.8, 4) is 0 Å². The maximum absolute atomic E-state index is 12.4. The molecule has 2 aliphatic heterocycles. The SMILES string of the molecule is CC1(C)CC(=O)CC(C)(C)P1CC1CCCC1CP1C(C)(C)CC(=O)CC1(C)C. The molecule has 29 heavy (non-hydrogen) atoms. The summed E-state index contributed by atoms with van der Waals surface area (Å²) in [4.78, 5) is 24.7. The van der Waals surface area contributed by atoms with E-state index in [4.69, 9.17) is 0 Å². The maximum Gasteiger partial charge on any atom is 0.134 e. The van der Waals surface area contributed by atoms with Gasteiger partial charge in [-0.05, 0) is 57.6 Å². The standard InChI is InChI=1S/C25H44O2P2/c1-22(2)12-20(26)13-23(3,4)28(22)16-18-10-9-11-19(18)17-29-24(5,6)14-21(27)15-25(29,7)8/h18-19H,9-17H2,1-8H3. The Morgan fingerprint density at radius 1 is 0.621 bits per heavy atom. The molecule has 2 unspecified atom stereocenters. The van der Waals surface area contributed by atoms with Crippen molar-refractivity contribution in [2.75, 3.05) is 12.3 Å². The second-order valence-corrected chi connectivity index (χ2v) is 20.0. The van der Waals surface area contributed by atoms with E-state index in [1.54, 1.807) is 0 Å². The van der Waals surface area contributed by atoms with Crippen LogP contribution in [0.2, 0.25) is 0 Å². The summed E-state index contributed by atoms with van der Waals surface area (Å²) in [5.41, 5.74) is 0. The molecule has 0 radical (unpaired) electrons. The van der Waals surface area contributed by atoms with E-state index in [1.807, 2.05) is 0 Å². The lowest BCUT2D eigenvalue weighted by Gasteiger charge is -2.52. The van der Waals surface area contributed by atoms with Gasteiger partial charge in [-0.25, -0.2) is 0 Å². The molecule has 0 aromatic rings. The summed E-state index contributed by atoms with van der Waals surface area (Å²) in [6, 6.07) is 0. The van der Waals surface area contributed by atoms with E-state index in [0.717, 1.165) is 37.5 Å². The lowest BCUT2D eigenvalue weighted by atomic mass is 9.96. The predicted octanol–water partition coefficient (Wildman–Crippen LogP) is 7.21. The number of ketones is 2. The van der Waals surface area contributed by atoms with Crippen molar-refractivity contribution in [3.05, 3.63) is 0 Å². The summed E-state index contributed by atoms with van der Waals surface area (Å²) < 4.78 is 0. The highest BCUT2D eigenvalue weighted by molar-refractivity contribution is 7.61. The van der Waals surface area contributed by atoms with Gasteiger partial charge in [-0.15, -0.1) is 0 Å². The van der Waals surface area contributed by atoms with Crippen molar-refractivity contribution in [3.63, 3.8) is 0 Å². The number of hydrogen-bond acceptors (Lipinski definition) is 2. The van der Waals surface area contributed by atoms with Gasteiger partial charge in [0.1, 0.15) is 11.6 Å². The average Bonchev–Trinajstić information content (AvgIpc) is 2.91. The van der Waals surface area contributed by atoms with Gasteiger partial charge in [-0.1, -0.05) is 77.7 Å². The molecular weight excluding hydrogens is 394 g/mol. The Labute approximate surface area is 182 Å². The first-order valence-electron chi connectivity index (χ1n) is 11.7. The third kappa shape index (κ3) is 5.00. The van der Waals surface area contributed by atoms with Crippen LogP contribution in [0.25, 0.3) is 0 Å². The van der Waals surface area contributed by atoms with Crippen LogP contribution in [-0.4, -0.2) is 44.5 Å². The molecule has 2 heterocycles. The van der Waals surface area contributed by atoms with Crippen molar-refractivity contribution >= 4 is 27.4 Å². The van der Waals surface area contributed by atoms with Crippen molar-refractivity contribution < 1.29 is 9.59 Å². The Morgan fingerprint density at radius 3 is 1.17 bits per heavy atom. The number of carbonyl (C=O) groups excluding carboxylic acids is 2. The number of Topliss-reactive ketones (excluding diaryl/α,β-unsaturated/α-hetero) is 2. The Kier molecular flexibility index (Phi) is 6.55. The molecule has 1 saturated carbocycles. The fourth-order valence-electron chi connectivity index (χ4n) is 7.13. The van der Waals surface area contributed by atoms with E-state index < -0.39 is 0 Å². The zero-order valence-corrected chi connectivity index (χ0v) is 22.0. The Bertz CT molecular complexity index is 566. The molecule has 0 spiro atoms. The molecule has 3 fully saturated rings. The first-order chi connectivity index (χ1) is 13.1. The van der Waals surface area contributed by atoms with Crippen LogP contribution in [0.4, 0.5) is 0 Å². The molecule has 1 aliphatic carbocycles. The van der Waals surface area contributed by atoms with E-state index in [0.29, 0.717) is 11.6 Å². The molecule has 2 nitrogen and oxygen atoms in total. The zero-order valence-electron chi connectivity index (χ0n) is 20.2. The largest absolute Gasteiger partial charge is 0.300 e. The maximum atomic E-state index is 12.4. The molecule has 3 aliphatic rings. The van der Waals surface area contributed by atoms with Gasteiger partial charge in [-0.2, -0.15) is 0 Å². The van der Waals surface area contributed by atoms with E-state index in [1.165, 1.54) is 31.6 Å². The summed E-state index contributed by atoms with van der Waals surface area (Å²) in [5.74, 6) is 2.61. The van der Waals surface area contributed by atoms with Crippen molar-refractivity contribution in [1.29, 1.82) is 0 Å². The van der Waals surface area contributed by atoms with Gasteiger partial charge in [0, 0.05) is 25.7 Å². The van der Waals surface area contributed by atoms with E-state index in [2.05, 4.69) is 55.4 Å². The fourth-order valence-corrected chi connectivity index (χ4v) is 15.8. The predicted molar refractivity (Wildman–Crippen MR) is 129 cm³/mol. The molecule has 0 bridgehead atoms. The monoisotopic (exact) mass is 438 g/mol. The summed E-state index contributed by atoms with van der Waals surface area (Å²) >= 11 is 0. The van der Waals surface area contributed by atoms with Crippen LogP contribution in [0, 0.1) is 11.8 Å². The first kappa shape index (κ1) is 23.9. The minimum atomic E-state index is -0.168. The van der Waals surface area contributed by atoms with Crippen LogP contribution < -0.4 is 0 Å². The minimum Gasteiger partial charge on any atom is -0.300 e. The topological polar surface area (TPSA) is 34.1 Å². The van der Waals surface area contributed by atoms with Gasteiger partial charge in [0.15, 0.2) is 0 Å². The van der Waals surface area contributed by atoms with E-state index in [9.17, 15) is 9.59 Å². The summed E-state index contributed by atoms with van der Waals surface area (Å²) in [7, 11) is -0.337. The highest BCUT2D eigenvalue weighted by Gasteiger charge is 2.50. The number of carbonyl (C=O) groups is 2. The second kappa shape index (κ2) is 7.96. The van der Waals surface area contributed by atoms with Crippen LogP contribution in [0.15, 0.2) is 0 Å². The first-order valence-corrected chi connectivity index (χ1v) is 14.8. The summed E-state index contributed by atoms with van der Waals surface area (Å²) in [5, 5.41) is 0.732. The highest BCUT2D eigenvalue weighted by Crippen LogP contribution is 2.69. The van der Waals surface area contributed by atoms with Gasteiger partial charge in [0.05, 0.1) is 0 Å². The van der Waals surface area contributed by atoms with E-state index >= 15 is 0 Å². The third-order valence-electron chi connectivity index (χ3n) is 8.09. The molecule has 3 rings (SSSR count). The van der Waals surface area contributed by atoms with Crippen molar-refractivity contribution in [2.24, 2.45) is 11.8 Å². The van der Waals surface area contributed by atoms with Crippen LogP contribution in [-0.2, 0) is 9.59 Å². The molecular formula is C25H44O2P2. The summed E-state index contributed by atoms with van der Waals surface area (Å²) in [6.07, 6.45) is 10.00. The summed E-state index contributed by atoms with van der Waals surface area (Å²) in [6.45, 7) is 18.9. The van der Waals surface area contributed by atoms with Crippen LogP contribution in [0.1, 0.15) is 100 Å².